The van der Waals surface area contributed by atoms with Crippen molar-refractivity contribution in [1.29, 1.82) is 0 Å². The van der Waals surface area contributed by atoms with Crippen molar-refractivity contribution in [3.8, 4) is 11.5 Å². The molecule has 1 amide bonds. The van der Waals surface area contributed by atoms with Crippen molar-refractivity contribution in [1.82, 2.24) is 10.2 Å². The van der Waals surface area contributed by atoms with Crippen molar-refractivity contribution in [3.63, 3.8) is 0 Å². The van der Waals surface area contributed by atoms with Crippen molar-refractivity contribution in [2.45, 2.75) is 19.3 Å². The van der Waals surface area contributed by atoms with Crippen LogP contribution in [0.25, 0.3) is 0 Å². The van der Waals surface area contributed by atoms with Crippen LogP contribution in [0.4, 0.5) is 0 Å². The van der Waals surface area contributed by atoms with Gasteiger partial charge in [0.15, 0.2) is 11.5 Å². The van der Waals surface area contributed by atoms with Crippen molar-refractivity contribution in [2.24, 2.45) is 11.3 Å². The molecule has 2 aliphatic rings. The third-order valence-corrected chi connectivity index (χ3v) is 5.79. The first-order valence-electron chi connectivity index (χ1n) is 8.92. The van der Waals surface area contributed by atoms with Gasteiger partial charge in [0.25, 0.3) is 0 Å². The van der Waals surface area contributed by atoms with Gasteiger partial charge >= 0.3 is 0 Å². The fourth-order valence-electron chi connectivity index (χ4n) is 4.24. The van der Waals surface area contributed by atoms with Crippen LogP contribution in [0.2, 0.25) is 0 Å². The number of aliphatic hydroxyl groups excluding tert-OH is 1. The van der Waals surface area contributed by atoms with E-state index in [0.29, 0.717) is 24.5 Å². The topological polar surface area (TPSA) is 71.0 Å². The number of hydrogen-bond acceptors (Lipinski definition) is 5. The van der Waals surface area contributed by atoms with E-state index in [1.54, 1.807) is 14.2 Å². The van der Waals surface area contributed by atoms with Gasteiger partial charge in [0, 0.05) is 25.6 Å². The summed E-state index contributed by atoms with van der Waals surface area (Å²) >= 11 is 0. The molecule has 3 rings (SSSR count). The maximum absolute atomic E-state index is 12.8. The second kappa shape index (κ2) is 7.62. The summed E-state index contributed by atoms with van der Waals surface area (Å²) in [5.41, 5.74) is 0.988. The fraction of sp³-hybridized carbons (Fsp3) is 0.632. The van der Waals surface area contributed by atoms with E-state index in [-0.39, 0.29) is 23.8 Å². The Morgan fingerprint density at radius 2 is 2.00 bits per heavy atom. The van der Waals surface area contributed by atoms with E-state index in [1.807, 2.05) is 23.1 Å². The lowest BCUT2D eigenvalue weighted by atomic mass is 9.71. The largest absolute Gasteiger partial charge is 0.493 e. The molecule has 0 saturated carbocycles. The molecule has 6 nitrogen and oxygen atoms in total. The van der Waals surface area contributed by atoms with Gasteiger partial charge in [0.1, 0.15) is 0 Å². The second-order valence-corrected chi connectivity index (χ2v) is 7.13. The number of carbonyl (C=O) groups is 1. The molecule has 0 radical (unpaired) electrons. The quantitative estimate of drug-likeness (QED) is 0.833. The highest BCUT2D eigenvalue weighted by Gasteiger charge is 2.47. The van der Waals surface area contributed by atoms with E-state index < -0.39 is 0 Å². The molecule has 2 heterocycles. The Labute approximate surface area is 149 Å². The lowest BCUT2D eigenvalue weighted by Gasteiger charge is -2.37. The number of aliphatic hydroxyl groups is 1. The number of amides is 1. The van der Waals surface area contributed by atoms with Crippen LogP contribution in [0.1, 0.15) is 18.4 Å². The molecular weight excluding hydrogens is 320 g/mol. The van der Waals surface area contributed by atoms with E-state index in [2.05, 4.69) is 5.32 Å². The van der Waals surface area contributed by atoms with E-state index >= 15 is 0 Å². The predicted octanol–water partition coefficient (Wildman–Crippen LogP) is 1.07. The van der Waals surface area contributed by atoms with Crippen molar-refractivity contribution < 1.29 is 19.4 Å². The zero-order chi connectivity index (χ0) is 17.9. The summed E-state index contributed by atoms with van der Waals surface area (Å²) < 4.78 is 10.6. The molecule has 25 heavy (non-hydrogen) atoms. The SMILES string of the molecule is COc1ccc(CC(=O)N2CC(CO)C3(CCNCC3)C2)cc1OC. The van der Waals surface area contributed by atoms with Gasteiger partial charge in [0.05, 0.1) is 20.6 Å². The number of ether oxygens (including phenoxy) is 2. The van der Waals surface area contributed by atoms with Crippen LogP contribution in [0.15, 0.2) is 18.2 Å². The van der Waals surface area contributed by atoms with E-state index in [9.17, 15) is 9.90 Å². The number of hydrogen-bond donors (Lipinski definition) is 2. The minimum absolute atomic E-state index is 0.0766. The number of benzene rings is 1. The van der Waals surface area contributed by atoms with Crippen LogP contribution in [-0.4, -0.2) is 62.9 Å². The monoisotopic (exact) mass is 348 g/mol. The molecule has 2 N–H and O–H groups in total. The van der Waals surface area contributed by atoms with Crippen LogP contribution in [0, 0.1) is 11.3 Å². The number of carbonyl (C=O) groups excluding carboxylic acids is 1. The molecule has 0 bridgehead atoms. The highest BCUT2D eigenvalue weighted by Crippen LogP contribution is 2.43. The normalized spacial score (nSPS) is 22.2. The van der Waals surface area contributed by atoms with Crippen LogP contribution in [-0.2, 0) is 11.2 Å². The Bertz CT molecular complexity index is 613. The highest BCUT2D eigenvalue weighted by molar-refractivity contribution is 5.79. The van der Waals surface area contributed by atoms with Gasteiger partial charge < -0.3 is 24.8 Å². The first kappa shape index (κ1) is 18.0. The fourth-order valence-corrected chi connectivity index (χ4v) is 4.24. The first-order chi connectivity index (χ1) is 12.1. The summed E-state index contributed by atoms with van der Waals surface area (Å²) in [6, 6.07) is 5.59. The maximum Gasteiger partial charge on any atom is 0.227 e. The minimum Gasteiger partial charge on any atom is -0.493 e. The average molecular weight is 348 g/mol. The zero-order valence-electron chi connectivity index (χ0n) is 15.1. The van der Waals surface area contributed by atoms with Crippen LogP contribution < -0.4 is 14.8 Å². The Hall–Kier alpha value is -1.79. The molecule has 1 aromatic rings. The molecule has 1 atom stereocenters. The summed E-state index contributed by atoms with van der Waals surface area (Å²) in [7, 11) is 3.19. The molecular formula is C19H28N2O4. The molecule has 1 spiro atoms. The van der Waals surface area contributed by atoms with E-state index in [1.165, 1.54) is 0 Å². The summed E-state index contributed by atoms with van der Waals surface area (Å²) in [6.45, 7) is 3.50. The van der Waals surface area contributed by atoms with Gasteiger partial charge in [-0.3, -0.25) is 4.79 Å². The zero-order valence-corrected chi connectivity index (χ0v) is 15.1. The van der Waals surface area contributed by atoms with Gasteiger partial charge in [-0.1, -0.05) is 6.07 Å². The average Bonchev–Trinajstić information content (AvgIpc) is 3.00. The van der Waals surface area contributed by atoms with Gasteiger partial charge in [0.2, 0.25) is 5.91 Å². The summed E-state index contributed by atoms with van der Waals surface area (Å²) in [5, 5.41) is 13.2. The third-order valence-electron chi connectivity index (χ3n) is 5.79. The van der Waals surface area contributed by atoms with Crippen LogP contribution in [0.3, 0.4) is 0 Å². The number of nitrogens with one attached hydrogen (secondary N) is 1. The van der Waals surface area contributed by atoms with E-state index in [4.69, 9.17) is 9.47 Å². The standard InChI is InChI=1S/C19H28N2O4/c1-24-16-4-3-14(9-17(16)25-2)10-18(23)21-11-15(12-22)19(13-21)5-7-20-8-6-19/h3-4,9,15,20,22H,5-8,10-13H2,1-2H3. The Morgan fingerprint density at radius 1 is 1.28 bits per heavy atom. The number of likely N-dealkylation sites (tertiary alicyclic amines) is 1. The molecule has 1 aromatic carbocycles. The number of rotatable bonds is 5. The van der Waals surface area contributed by atoms with Gasteiger partial charge in [-0.2, -0.15) is 0 Å². The molecule has 0 aliphatic carbocycles. The molecule has 0 aromatic heterocycles. The van der Waals surface area contributed by atoms with Crippen LogP contribution in [0.5, 0.6) is 11.5 Å². The maximum atomic E-state index is 12.8. The molecule has 2 fully saturated rings. The van der Waals surface area contributed by atoms with Crippen molar-refractivity contribution in [2.75, 3.05) is 47.0 Å². The highest BCUT2D eigenvalue weighted by atomic mass is 16.5. The van der Waals surface area contributed by atoms with E-state index in [0.717, 1.165) is 38.0 Å². The van der Waals surface area contributed by atoms with Gasteiger partial charge in [-0.05, 0) is 49.0 Å². The number of methoxy groups -OCH3 is 2. The lowest BCUT2D eigenvalue weighted by Crippen LogP contribution is -2.43. The third kappa shape index (κ3) is 3.60. The molecule has 138 valence electrons. The second-order valence-electron chi connectivity index (χ2n) is 7.13. The minimum atomic E-state index is 0.0766. The first-order valence-corrected chi connectivity index (χ1v) is 8.92. The molecule has 2 saturated heterocycles. The van der Waals surface area contributed by atoms with Gasteiger partial charge in [-0.25, -0.2) is 0 Å². The smallest absolute Gasteiger partial charge is 0.227 e. The molecule has 2 aliphatic heterocycles. The summed E-state index contributed by atoms with van der Waals surface area (Å²) in [4.78, 5) is 14.7. The number of piperidine rings is 1. The summed E-state index contributed by atoms with van der Waals surface area (Å²) in [5.74, 6) is 1.59. The van der Waals surface area contributed by atoms with Gasteiger partial charge in [-0.15, -0.1) is 0 Å². The summed E-state index contributed by atoms with van der Waals surface area (Å²) in [6.07, 6.45) is 2.39. The number of nitrogens with zero attached hydrogens (tertiary/aromatic N) is 1. The Kier molecular flexibility index (Phi) is 5.49. The molecule has 6 heteroatoms. The molecule has 1 unspecified atom stereocenters. The Morgan fingerprint density at radius 3 is 2.64 bits per heavy atom. The Balaban J connectivity index is 1.69. The van der Waals surface area contributed by atoms with Crippen LogP contribution >= 0.6 is 0 Å². The van der Waals surface area contributed by atoms with Crippen molar-refractivity contribution >= 4 is 5.91 Å². The lowest BCUT2D eigenvalue weighted by molar-refractivity contribution is -0.130. The predicted molar refractivity (Wildman–Crippen MR) is 94.9 cm³/mol. The van der Waals surface area contributed by atoms with Crippen molar-refractivity contribution in [3.05, 3.63) is 23.8 Å².